The topological polar surface area (TPSA) is 113 Å². The third kappa shape index (κ3) is 5.48. The molecule has 1 aliphatic carbocycles. The Balaban J connectivity index is 1.85. The molecule has 3 aliphatic rings. The average molecular weight is 454 g/mol. The summed E-state index contributed by atoms with van der Waals surface area (Å²) in [5, 5.41) is 2.83. The minimum Gasteiger partial charge on any atom is -0.339 e. The fourth-order valence-corrected chi connectivity index (χ4v) is 5.48. The first-order valence-electron chi connectivity index (χ1n) is 11.4. The van der Waals surface area contributed by atoms with Gasteiger partial charge in [0.15, 0.2) is 0 Å². The molecule has 0 bridgehead atoms. The van der Waals surface area contributed by atoms with Gasteiger partial charge in [0.1, 0.15) is 11.6 Å². The number of rotatable bonds is 3. The Bertz CT molecular complexity index is 855. The summed E-state index contributed by atoms with van der Waals surface area (Å²) in [6.07, 6.45) is 8.76. The smallest absolute Gasteiger partial charge is 0.259 e. The van der Waals surface area contributed by atoms with Crippen LogP contribution in [0.5, 0.6) is 0 Å². The van der Waals surface area contributed by atoms with Gasteiger partial charge in [0.2, 0.25) is 21.8 Å². The van der Waals surface area contributed by atoms with Crippen LogP contribution in [0.3, 0.4) is 0 Å². The van der Waals surface area contributed by atoms with Crippen molar-refractivity contribution in [1.82, 2.24) is 14.9 Å². The number of carbonyl (C=O) groups excluding carboxylic acids is 3. The molecule has 9 heteroatoms. The summed E-state index contributed by atoms with van der Waals surface area (Å²) < 4.78 is 26.0. The molecule has 174 valence electrons. The van der Waals surface area contributed by atoms with Crippen molar-refractivity contribution in [2.75, 3.05) is 12.3 Å². The lowest BCUT2D eigenvalue weighted by molar-refractivity contribution is -0.140. The Morgan fingerprint density at radius 1 is 1.26 bits per heavy atom. The number of hydrogen-bond donors (Lipinski definition) is 2. The average Bonchev–Trinajstić information content (AvgIpc) is 3.15. The first kappa shape index (κ1) is 23.8. The monoisotopic (exact) mass is 453 g/mol. The Labute approximate surface area is 185 Å². The SMILES string of the molecule is CCS(=O)(=O)NC(=O)[C@@]12C[C@H]1/C=C\CC[C@@H](C)C[C@@H](C)CC(=O)N1CCC[C@H]1C(=O)N2. The predicted molar refractivity (Wildman–Crippen MR) is 117 cm³/mol. The lowest BCUT2D eigenvalue weighted by Gasteiger charge is -2.28. The van der Waals surface area contributed by atoms with Gasteiger partial charge in [0.25, 0.3) is 5.91 Å². The number of nitrogens with one attached hydrogen (secondary N) is 2. The maximum atomic E-state index is 13.1. The molecule has 5 atom stereocenters. The molecule has 0 unspecified atom stereocenters. The molecule has 3 amide bonds. The number of allylic oxidation sites excluding steroid dienone is 1. The van der Waals surface area contributed by atoms with Crippen LogP contribution in [0.4, 0.5) is 0 Å². The highest BCUT2D eigenvalue weighted by atomic mass is 32.2. The van der Waals surface area contributed by atoms with Crippen molar-refractivity contribution in [2.45, 2.75) is 77.3 Å². The number of carbonyl (C=O) groups is 3. The van der Waals surface area contributed by atoms with E-state index in [1.165, 1.54) is 6.92 Å². The molecule has 1 saturated heterocycles. The molecular weight excluding hydrogens is 418 g/mol. The third-order valence-electron chi connectivity index (χ3n) is 6.79. The molecule has 2 heterocycles. The maximum absolute atomic E-state index is 13.1. The molecule has 0 aromatic rings. The second-order valence-corrected chi connectivity index (χ2v) is 11.5. The summed E-state index contributed by atoms with van der Waals surface area (Å²) in [4.78, 5) is 40.6. The second-order valence-electron chi connectivity index (χ2n) is 9.51. The summed E-state index contributed by atoms with van der Waals surface area (Å²) in [6, 6.07) is -0.611. The summed E-state index contributed by atoms with van der Waals surface area (Å²) >= 11 is 0. The molecule has 31 heavy (non-hydrogen) atoms. The molecule has 2 fully saturated rings. The van der Waals surface area contributed by atoms with Crippen molar-refractivity contribution < 1.29 is 22.8 Å². The first-order valence-corrected chi connectivity index (χ1v) is 13.1. The molecule has 2 aliphatic heterocycles. The zero-order valence-electron chi connectivity index (χ0n) is 18.7. The van der Waals surface area contributed by atoms with Crippen LogP contribution in [-0.2, 0) is 24.4 Å². The van der Waals surface area contributed by atoms with Gasteiger partial charge in [-0.05, 0) is 57.3 Å². The molecule has 0 radical (unpaired) electrons. The van der Waals surface area contributed by atoms with Gasteiger partial charge in [0.05, 0.1) is 5.75 Å². The van der Waals surface area contributed by atoms with Crippen LogP contribution < -0.4 is 10.0 Å². The molecule has 0 aromatic heterocycles. The summed E-state index contributed by atoms with van der Waals surface area (Å²) in [5.74, 6) is -0.858. The fraction of sp³-hybridized carbons (Fsp3) is 0.773. The fourth-order valence-electron chi connectivity index (χ4n) is 4.87. The number of fused-ring (bicyclic) bond motifs is 2. The molecule has 1 saturated carbocycles. The lowest BCUT2D eigenvalue weighted by atomic mass is 9.91. The van der Waals surface area contributed by atoms with Crippen molar-refractivity contribution in [2.24, 2.45) is 17.8 Å². The summed E-state index contributed by atoms with van der Waals surface area (Å²) in [5.41, 5.74) is -1.27. The number of amides is 3. The molecule has 2 N–H and O–H groups in total. The van der Waals surface area contributed by atoms with Gasteiger partial charge >= 0.3 is 0 Å². The first-order chi connectivity index (χ1) is 14.6. The largest absolute Gasteiger partial charge is 0.339 e. The Morgan fingerprint density at radius 2 is 2.00 bits per heavy atom. The molecule has 0 aromatic carbocycles. The number of nitrogens with zero attached hydrogens (tertiary/aromatic N) is 1. The van der Waals surface area contributed by atoms with Crippen molar-refractivity contribution >= 4 is 27.7 Å². The van der Waals surface area contributed by atoms with Gasteiger partial charge in [-0.3, -0.25) is 19.1 Å². The van der Waals surface area contributed by atoms with Gasteiger partial charge in [-0.25, -0.2) is 8.42 Å². The third-order valence-corrected chi connectivity index (χ3v) is 8.05. The van der Waals surface area contributed by atoms with Crippen LogP contribution in [0, 0.1) is 17.8 Å². The molecule has 0 spiro atoms. The lowest BCUT2D eigenvalue weighted by Crippen LogP contribution is -2.56. The minimum absolute atomic E-state index is 0.0234. The minimum atomic E-state index is -3.74. The zero-order chi connectivity index (χ0) is 22.8. The zero-order valence-corrected chi connectivity index (χ0v) is 19.5. The highest BCUT2D eigenvalue weighted by Gasteiger charge is 2.61. The van der Waals surface area contributed by atoms with Crippen molar-refractivity contribution in [3.05, 3.63) is 12.2 Å². The van der Waals surface area contributed by atoms with Crippen LogP contribution in [0.2, 0.25) is 0 Å². The van der Waals surface area contributed by atoms with E-state index in [1.54, 1.807) is 4.90 Å². The Morgan fingerprint density at radius 3 is 2.71 bits per heavy atom. The van der Waals surface area contributed by atoms with Crippen LogP contribution in [0.1, 0.15) is 65.7 Å². The van der Waals surface area contributed by atoms with Gasteiger partial charge < -0.3 is 10.2 Å². The molecule has 8 nitrogen and oxygen atoms in total. The van der Waals surface area contributed by atoms with Crippen LogP contribution >= 0.6 is 0 Å². The maximum Gasteiger partial charge on any atom is 0.259 e. The highest BCUT2D eigenvalue weighted by molar-refractivity contribution is 7.90. The van der Waals surface area contributed by atoms with Gasteiger partial charge in [-0.1, -0.05) is 26.0 Å². The Hall–Kier alpha value is -1.90. The summed E-state index contributed by atoms with van der Waals surface area (Å²) in [7, 11) is -3.74. The molecular formula is C22H35N3O5S. The van der Waals surface area contributed by atoms with Crippen LogP contribution in [-0.4, -0.2) is 54.9 Å². The van der Waals surface area contributed by atoms with Gasteiger partial charge in [-0.15, -0.1) is 0 Å². The van der Waals surface area contributed by atoms with E-state index in [1.807, 2.05) is 12.2 Å². The van der Waals surface area contributed by atoms with E-state index < -0.39 is 27.5 Å². The Kier molecular flexibility index (Phi) is 7.13. The number of sulfonamides is 1. The molecule has 3 rings (SSSR count). The van der Waals surface area contributed by atoms with E-state index in [2.05, 4.69) is 23.9 Å². The van der Waals surface area contributed by atoms with E-state index in [-0.39, 0.29) is 29.4 Å². The standard InChI is InChI=1S/C22H35N3O5S/c1-4-31(29,30)24-21(28)22-14-17(22)9-6-5-8-15(2)12-16(3)13-19(26)25-11-7-10-18(25)20(27)23-22/h6,9,15-18H,4-5,7-8,10-14H2,1-3H3,(H,23,27)(H,24,28)/b9-6-/t15-,16-,17-,18+,22-/m1/s1. The number of hydrogen-bond acceptors (Lipinski definition) is 5. The van der Waals surface area contributed by atoms with Crippen LogP contribution in [0.25, 0.3) is 0 Å². The van der Waals surface area contributed by atoms with Crippen molar-refractivity contribution in [3.8, 4) is 0 Å². The quantitative estimate of drug-likeness (QED) is 0.632. The van der Waals surface area contributed by atoms with E-state index in [0.29, 0.717) is 31.7 Å². The highest BCUT2D eigenvalue weighted by Crippen LogP contribution is 2.45. The van der Waals surface area contributed by atoms with Gasteiger partial charge in [0, 0.05) is 18.9 Å². The van der Waals surface area contributed by atoms with Crippen molar-refractivity contribution in [1.29, 1.82) is 0 Å². The van der Waals surface area contributed by atoms with Crippen LogP contribution in [0.15, 0.2) is 12.2 Å². The van der Waals surface area contributed by atoms with E-state index in [0.717, 1.165) is 25.7 Å². The van der Waals surface area contributed by atoms with E-state index in [4.69, 9.17) is 0 Å². The predicted octanol–water partition coefficient (Wildman–Crippen LogP) is 1.72. The second kappa shape index (κ2) is 9.30. The van der Waals surface area contributed by atoms with Crippen molar-refractivity contribution in [3.63, 3.8) is 0 Å². The van der Waals surface area contributed by atoms with E-state index >= 15 is 0 Å². The van der Waals surface area contributed by atoms with E-state index in [9.17, 15) is 22.8 Å². The summed E-state index contributed by atoms with van der Waals surface area (Å²) in [6.45, 7) is 6.25. The normalized spacial score (nSPS) is 35.8. The van der Waals surface area contributed by atoms with Gasteiger partial charge in [-0.2, -0.15) is 0 Å².